The van der Waals surface area contributed by atoms with Crippen LogP contribution in [0.3, 0.4) is 0 Å². The fourth-order valence-electron chi connectivity index (χ4n) is 1.57. The molecule has 0 atom stereocenters. The van der Waals surface area contributed by atoms with Crippen molar-refractivity contribution < 1.29 is 32.2 Å². The largest absolute Gasteiger partial charge is 0.493 e. The van der Waals surface area contributed by atoms with Crippen LogP contribution in [0.2, 0.25) is 0 Å². The highest BCUT2D eigenvalue weighted by molar-refractivity contribution is 5.76. The van der Waals surface area contributed by atoms with E-state index in [9.17, 15) is 22.4 Å². The lowest BCUT2D eigenvalue weighted by Crippen LogP contribution is -2.41. The Morgan fingerprint density at radius 2 is 1.86 bits per heavy atom. The van der Waals surface area contributed by atoms with Gasteiger partial charge in [-0.2, -0.15) is 13.2 Å². The molecule has 4 nitrogen and oxygen atoms in total. The first-order chi connectivity index (χ1) is 9.81. The lowest BCUT2D eigenvalue weighted by atomic mass is 10.3. The second-order valence-corrected chi connectivity index (χ2v) is 4.21. The minimum absolute atomic E-state index is 0.135. The molecule has 0 heterocycles. The molecule has 0 radical (unpaired) electrons. The monoisotopic (exact) mass is 309 g/mol. The number of nitrogens with zero attached hydrogens (tertiary/aromatic N) is 1. The number of ether oxygens (including phenoxy) is 1. The van der Waals surface area contributed by atoms with Crippen molar-refractivity contribution in [1.82, 2.24) is 4.90 Å². The highest BCUT2D eigenvalue weighted by Gasteiger charge is 2.32. The van der Waals surface area contributed by atoms with E-state index >= 15 is 0 Å². The molecule has 8 heteroatoms. The fourth-order valence-corrected chi connectivity index (χ4v) is 1.57. The molecule has 1 rings (SSSR count). The molecule has 0 spiro atoms. The summed E-state index contributed by atoms with van der Waals surface area (Å²) in [7, 11) is 0. The molecule has 0 aromatic heterocycles. The molecular formula is C13H15F4NO3. The number of benzene rings is 1. The van der Waals surface area contributed by atoms with Crippen molar-refractivity contribution in [3.63, 3.8) is 0 Å². The molecule has 0 fully saturated rings. The van der Waals surface area contributed by atoms with Gasteiger partial charge in [-0.3, -0.25) is 4.79 Å². The van der Waals surface area contributed by atoms with Crippen LogP contribution in [0.1, 0.15) is 6.42 Å². The van der Waals surface area contributed by atoms with Crippen LogP contribution in [0.4, 0.5) is 17.6 Å². The SMILES string of the molecule is O=C(CCOc1ccc(F)cc1)N(CCO)CC(F)(F)F. The van der Waals surface area contributed by atoms with Crippen molar-refractivity contribution in [2.45, 2.75) is 12.6 Å². The van der Waals surface area contributed by atoms with Crippen molar-refractivity contribution >= 4 is 5.91 Å². The maximum absolute atomic E-state index is 12.6. The number of hydrogen-bond acceptors (Lipinski definition) is 3. The van der Waals surface area contributed by atoms with Crippen molar-refractivity contribution in [1.29, 1.82) is 0 Å². The van der Waals surface area contributed by atoms with E-state index in [2.05, 4.69) is 0 Å². The van der Waals surface area contributed by atoms with E-state index in [1.165, 1.54) is 24.3 Å². The normalized spacial score (nSPS) is 11.3. The predicted octanol–water partition coefficient (Wildman–Crippen LogP) is 1.98. The summed E-state index contributed by atoms with van der Waals surface area (Å²) in [5, 5.41) is 8.68. The molecule has 21 heavy (non-hydrogen) atoms. The third-order valence-corrected chi connectivity index (χ3v) is 2.49. The number of aliphatic hydroxyl groups excluding tert-OH is 1. The molecule has 0 unspecified atom stereocenters. The Morgan fingerprint density at radius 1 is 1.24 bits per heavy atom. The molecule has 1 aromatic carbocycles. The number of carbonyl (C=O) groups is 1. The Hall–Kier alpha value is -1.83. The molecule has 0 aliphatic carbocycles. The van der Waals surface area contributed by atoms with Gasteiger partial charge < -0.3 is 14.7 Å². The number of carbonyl (C=O) groups excluding carboxylic acids is 1. The van der Waals surface area contributed by atoms with Gasteiger partial charge in [0.05, 0.1) is 19.6 Å². The zero-order chi connectivity index (χ0) is 15.9. The van der Waals surface area contributed by atoms with Crippen LogP contribution in [0.15, 0.2) is 24.3 Å². The van der Waals surface area contributed by atoms with Crippen LogP contribution in [-0.2, 0) is 4.79 Å². The summed E-state index contributed by atoms with van der Waals surface area (Å²) in [6.45, 7) is -2.50. The van der Waals surface area contributed by atoms with Crippen LogP contribution in [0.5, 0.6) is 5.75 Å². The van der Waals surface area contributed by atoms with Gasteiger partial charge in [-0.05, 0) is 24.3 Å². The third-order valence-electron chi connectivity index (χ3n) is 2.49. The van der Waals surface area contributed by atoms with E-state index in [0.29, 0.717) is 10.6 Å². The maximum Gasteiger partial charge on any atom is 0.406 e. The van der Waals surface area contributed by atoms with Gasteiger partial charge in [-0.15, -0.1) is 0 Å². The highest BCUT2D eigenvalue weighted by atomic mass is 19.4. The molecule has 0 aliphatic heterocycles. The summed E-state index contributed by atoms with van der Waals surface area (Å²) >= 11 is 0. The van der Waals surface area contributed by atoms with Crippen LogP contribution >= 0.6 is 0 Å². The van der Waals surface area contributed by atoms with E-state index in [1.54, 1.807) is 0 Å². The molecule has 1 N–H and O–H groups in total. The van der Waals surface area contributed by atoms with E-state index in [-0.39, 0.29) is 13.0 Å². The number of aliphatic hydroxyl groups is 1. The molecule has 1 aromatic rings. The second-order valence-electron chi connectivity index (χ2n) is 4.21. The van der Waals surface area contributed by atoms with Gasteiger partial charge in [0, 0.05) is 6.54 Å². The predicted molar refractivity (Wildman–Crippen MR) is 66.2 cm³/mol. The lowest BCUT2D eigenvalue weighted by molar-refractivity contribution is -0.162. The first kappa shape index (κ1) is 17.2. The summed E-state index contributed by atoms with van der Waals surface area (Å²) in [5.41, 5.74) is 0. The molecule has 1 amide bonds. The number of hydrogen-bond donors (Lipinski definition) is 1. The standard InChI is InChI=1S/C13H15F4NO3/c14-10-1-3-11(4-2-10)21-8-5-12(20)18(6-7-19)9-13(15,16)17/h1-4,19H,5-9H2. The average molecular weight is 309 g/mol. The zero-order valence-electron chi connectivity index (χ0n) is 11.1. The van der Waals surface area contributed by atoms with Crippen molar-refractivity contribution in [3.8, 4) is 5.75 Å². The Balaban J connectivity index is 2.44. The van der Waals surface area contributed by atoms with Gasteiger partial charge >= 0.3 is 6.18 Å². The topological polar surface area (TPSA) is 49.8 Å². The number of halogens is 4. The third kappa shape index (κ3) is 6.94. The van der Waals surface area contributed by atoms with E-state index in [4.69, 9.17) is 9.84 Å². The number of alkyl halides is 3. The molecule has 0 saturated carbocycles. The molecule has 0 bridgehead atoms. The first-order valence-electron chi connectivity index (χ1n) is 6.15. The van der Waals surface area contributed by atoms with Crippen LogP contribution in [-0.4, -0.2) is 48.4 Å². The minimum atomic E-state index is -4.53. The van der Waals surface area contributed by atoms with Gasteiger partial charge in [-0.25, -0.2) is 4.39 Å². The Labute approximate surface area is 118 Å². The first-order valence-corrected chi connectivity index (χ1v) is 6.15. The number of amides is 1. The molecule has 0 aliphatic rings. The summed E-state index contributed by atoms with van der Waals surface area (Å²) in [6.07, 6.45) is -4.80. The molecular weight excluding hydrogens is 294 g/mol. The van der Waals surface area contributed by atoms with Gasteiger partial charge in [0.2, 0.25) is 5.91 Å². The quantitative estimate of drug-likeness (QED) is 0.784. The van der Waals surface area contributed by atoms with Gasteiger partial charge in [-0.1, -0.05) is 0 Å². The van der Waals surface area contributed by atoms with Crippen molar-refractivity contribution in [3.05, 3.63) is 30.1 Å². The lowest BCUT2D eigenvalue weighted by Gasteiger charge is -2.23. The van der Waals surface area contributed by atoms with Crippen LogP contribution in [0.25, 0.3) is 0 Å². The van der Waals surface area contributed by atoms with Crippen LogP contribution in [0, 0.1) is 5.82 Å². The minimum Gasteiger partial charge on any atom is -0.493 e. The second kappa shape index (κ2) is 7.82. The highest BCUT2D eigenvalue weighted by Crippen LogP contribution is 2.17. The van der Waals surface area contributed by atoms with Crippen molar-refractivity contribution in [2.24, 2.45) is 0 Å². The summed E-state index contributed by atoms with van der Waals surface area (Å²) in [5.74, 6) is -0.907. The summed E-state index contributed by atoms with van der Waals surface area (Å²) in [6, 6.07) is 5.03. The fraction of sp³-hybridized carbons (Fsp3) is 0.462. The summed E-state index contributed by atoms with van der Waals surface area (Å²) in [4.78, 5) is 12.2. The van der Waals surface area contributed by atoms with Gasteiger partial charge in [0.1, 0.15) is 18.1 Å². The Kier molecular flexibility index (Phi) is 6.41. The maximum atomic E-state index is 12.6. The zero-order valence-corrected chi connectivity index (χ0v) is 11.1. The van der Waals surface area contributed by atoms with E-state index < -0.39 is 37.6 Å². The van der Waals surface area contributed by atoms with E-state index in [0.717, 1.165) is 0 Å². The average Bonchev–Trinajstić information content (AvgIpc) is 2.39. The summed E-state index contributed by atoms with van der Waals surface area (Å²) < 4.78 is 54.6. The van der Waals surface area contributed by atoms with Gasteiger partial charge in [0.25, 0.3) is 0 Å². The molecule has 0 saturated heterocycles. The Morgan fingerprint density at radius 3 is 2.38 bits per heavy atom. The molecule has 118 valence electrons. The van der Waals surface area contributed by atoms with E-state index in [1.807, 2.05) is 0 Å². The van der Waals surface area contributed by atoms with Crippen LogP contribution < -0.4 is 4.74 Å². The smallest absolute Gasteiger partial charge is 0.406 e. The number of rotatable bonds is 7. The Bertz CT molecular complexity index is 448. The van der Waals surface area contributed by atoms with Crippen molar-refractivity contribution in [2.75, 3.05) is 26.3 Å². The van der Waals surface area contributed by atoms with Gasteiger partial charge in [0.15, 0.2) is 0 Å².